The molecule has 5 nitrogen and oxygen atoms in total. The highest BCUT2D eigenvalue weighted by atomic mass is 16.5. The van der Waals surface area contributed by atoms with Crippen molar-refractivity contribution in [2.24, 2.45) is 0 Å². The second-order valence-corrected chi connectivity index (χ2v) is 5.43. The largest absolute Gasteiger partial charge is 0.484 e. The number of aryl methyl sites for hydroxylation is 1. The van der Waals surface area contributed by atoms with Crippen LogP contribution in [-0.4, -0.2) is 29.1 Å². The normalized spacial score (nSPS) is 10.9. The van der Waals surface area contributed by atoms with Crippen LogP contribution in [0.25, 0.3) is 0 Å². The van der Waals surface area contributed by atoms with Gasteiger partial charge in [-0.2, -0.15) is 0 Å². The molecule has 0 spiro atoms. The van der Waals surface area contributed by atoms with E-state index in [4.69, 9.17) is 9.84 Å². The van der Waals surface area contributed by atoms with Gasteiger partial charge in [0.2, 0.25) is 0 Å². The summed E-state index contributed by atoms with van der Waals surface area (Å²) in [6.07, 6.45) is 0.394. The number of ether oxygens (including phenoxy) is 1. The predicted molar refractivity (Wildman–Crippen MR) is 75.8 cm³/mol. The van der Waals surface area contributed by atoms with Gasteiger partial charge < -0.3 is 15.2 Å². The summed E-state index contributed by atoms with van der Waals surface area (Å²) in [5, 5.41) is 11.4. The molecule has 0 aliphatic rings. The van der Waals surface area contributed by atoms with Crippen LogP contribution in [0.3, 0.4) is 0 Å². The molecule has 0 aromatic heterocycles. The first-order valence-electron chi connectivity index (χ1n) is 6.51. The molecule has 5 heteroatoms. The first kappa shape index (κ1) is 16.0. The van der Waals surface area contributed by atoms with Crippen molar-refractivity contribution in [3.8, 4) is 5.75 Å². The topological polar surface area (TPSA) is 75.6 Å². The summed E-state index contributed by atoms with van der Waals surface area (Å²) in [4.78, 5) is 22.3. The molecule has 0 aliphatic heterocycles. The van der Waals surface area contributed by atoms with Crippen molar-refractivity contribution in [1.29, 1.82) is 0 Å². The molecule has 20 heavy (non-hydrogen) atoms. The van der Waals surface area contributed by atoms with E-state index >= 15 is 0 Å². The van der Waals surface area contributed by atoms with Crippen molar-refractivity contribution in [2.45, 2.75) is 39.2 Å². The monoisotopic (exact) mass is 279 g/mol. The minimum Gasteiger partial charge on any atom is -0.484 e. The van der Waals surface area contributed by atoms with Crippen LogP contribution in [0, 0.1) is 6.92 Å². The van der Waals surface area contributed by atoms with Crippen LogP contribution in [0.2, 0.25) is 0 Å². The van der Waals surface area contributed by atoms with Crippen molar-refractivity contribution in [3.63, 3.8) is 0 Å². The van der Waals surface area contributed by atoms with E-state index in [9.17, 15) is 9.59 Å². The zero-order valence-corrected chi connectivity index (χ0v) is 12.1. The Kier molecular flexibility index (Phi) is 5.55. The van der Waals surface area contributed by atoms with Crippen LogP contribution in [-0.2, 0) is 9.59 Å². The lowest BCUT2D eigenvalue weighted by Crippen LogP contribution is -2.45. The van der Waals surface area contributed by atoms with E-state index in [1.54, 1.807) is 26.0 Å². The predicted octanol–water partition coefficient (Wildman–Crippen LogP) is 2.13. The van der Waals surface area contributed by atoms with Gasteiger partial charge in [-0.15, -0.1) is 0 Å². The Morgan fingerprint density at radius 1 is 1.25 bits per heavy atom. The quantitative estimate of drug-likeness (QED) is 0.801. The lowest BCUT2D eigenvalue weighted by molar-refractivity contribution is -0.138. The third-order valence-electron chi connectivity index (χ3n) is 2.83. The van der Waals surface area contributed by atoms with Gasteiger partial charge in [0.1, 0.15) is 5.75 Å². The summed E-state index contributed by atoms with van der Waals surface area (Å²) in [7, 11) is 0. The van der Waals surface area contributed by atoms with E-state index < -0.39 is 11.5 Å². The third-order valence-corrected chi connectivity index (χ3v) is 2.83. The van der Waals surface area contributed by atoms with Crippen molar-refractivity contribution >= 4 is 11.9 Å². The summed E-state index contributed by atoms with van der Waals surface area (Å²) >= 11 is 0. The standard InChI is InChI=1S/C15H21NO4/c1-11-4-6-12(7-5-11)20-10-13(17)16-15(2,3)9-8-14(18)19/h4-7H,8-10H2,1-3H3,(H,16,17)(H,18,19). The number of carboxylic acid groups (broad SMARTS) is 1. The second-order valence-electron chi connectivity index (χ2n) is 5.43. The Bertz CT molecular complexity index is 465. The summed E-state index contributed by atoms with van der Waals surface area (Å²) in [5.41, 5.74) is 0.558. The van der Waals surface area contributed by atoms with E-state index in [1.807, 2.05) is 19.1 Å². The molecule has 0 radical (unpaired) electrons. The van der Waals surface area contributed by atoms with Gasteiger partial charge in [-0.1, -0.05) is 17.7 Å². The van der Waals surface area contributed by atoms with Crippen LogP contribution in [0.15, 0.2) is 24.3 Å². The Balaban J connectivity index is 2.39. The number of rotatable bonds is 7. The minimum absolute atomic E-state index is 0.0199. The number of hydrogen-bond acceptors (Lipinski definition) is 3. The summed E-state index contributed by atoms with van der Waals surface area (Å²) < 4.78 is 5.37. The summed E-state index contributed by atoms with van der Waals surface area (Å²) in [6.45, 7) is 5.47. The van der Waals surface area contributed by atoms with Gasteiger partial charge in [0.05, 0.1) is 0 Å². The Labute approximate surface area is 118 Å². The highest BCUT2D eigenvalue weighted by molar-refractivity contribution is 5.78. The van der Waals surface area contributed by atoms with Gasteiger partial charge in [-0.3, -0.25) is 9.59 Å². The number of carbonyl (C=O) groups excluding carboxylic acids is 1. The maximum absolute atomic E-state index is 11.8. The molecule has 0 fully saturated rings. The lowest BCUT2D eigenvalue weighted by Gasteiger charge is -2.25. The van der Waals surface area contributed by atoms with E-state index in [-0.39, 0.29) is 18.9 Å². The number of carboxylic acids is 1. The first-order valence-corrected chi connectivity index (χ1v) is 6.51. The molecule has 110 valence electrons. The number of hydrogen-bond donors (Lipinski definition) is 2. The highest BCUT2D eigenvalue weighted by Gasteiger charge is 2.21. The fourth-order valence-corrected chi connectivity index (χ4v) is 1.68. The summed E-state index contributed by atoms with van der Waals surface area (Å²) in [5.74, 6) is -0.502. The summed E-state index contributed by atoms with van der Waals surface area (Å²) in [6, 6.07) is 7.42. The zero-order valence-electron chi connectivity index (χ0n) is 12.1. The molecule has 0 atom stereocenters. The van der Waals surface area contributed by atoms with Gasteiger partial charge in [0, 0.05) is 12.0 Å². The minimum atomic E-state index is -0.872. The SMILES string of the molecule is Cc1ccc(OCC(=O)NC(C)(C)CCC(=O)O)cc1. The first-order chi connectivity index (χ1) is 9.28. The molecule has 0 aliphatic carbocycles. The van der Waals surface area contributed by atoms with Crippen molar-refractivity contribution in [3.05, 3.63) is 29.8 Å². The van der Waals surface area contributed by atoms with Crippen LogP contribution in [0.4, 0.5) is 0 Å². The number of benzene rings is 1. The molecule has 1 aromatic rings. The number of nitrogens with one attached hydrogen (secondary N) is 1. The van der Waals surface area contributed by atoms with Crippen LogP contribution in [0.1, 0.15) is 32.3 Å². The molecule has 0 saturated heterocycles. The van der Waals surface area contributed by atoms with E-state index in [0.717, 1.165) is 5.56 Å². The Morgan fingerprint density at radius 2 is 1.85 bits per heavy atom. The fourth-order valence-electron chi connectivity index (χ4n) is 1.68. The molecule has 0 bridgehead atoms. The highest BCUT2D eigenvalue weighted by Crippen LogP contribution is 2.13. The van der Waals surface area contributed by atoms with Crippen molar-refractivity contribution in [2.75, 3.05) is 6.61 Å². The van der Waals surface area contributed by atoms with Crippen molar-refractivity contribution < 1.29 is 19.4 Å². The molecule has 0 unspecified atom stereocenters. The molecule has 2 N–H and O–H groups in total. The maximum atomic E-state index is 11.8. The second kappa shape index (κ2) is 6.93. The maximum Gasteiger partial charge on any atom is 0.303 e. The van der Waals surface area contributed by atoms with Gasteiger partial charge in [-0.25, -0.2) is 0 Å². The van der Waals surface area contributed by atoms with E-state index in [1.165, 1.54) is 0 Å². The van der Waals surface area contributed by atoms with Crippen molar-refractivity contribution in [1.82, 2.24) is 5.32 Å². The zero-order chi connectivity index (χ0) is 15.2. The van der Waals surface area contributed by atoms with Gasteiger partial charge in [0.25, 0.3) is 5.91 Å². The molecule has 1 amide bonds. The molecular formula is C15H21NO4. The Hall–Kier alpha value is -2.04. The Morgan fingerprint density at radius 3 is 2.40 bits per heavy atom. The van der Waals surface area contributed by atoms with E-state index in [0.29, 0.717) is 12.2 Å². The molecule has 1 aromatic carbocycles. The fraction of sp³-hybridized carbons (Fsp3) is 0.467. The molecular weight excluding hydrogens is 258 g/mol. The van der Waals surface area contributed by atoms with E-state index in [2.05, 4.69) is 5.32 Å². The number of aliphatic carboxylic acids is 1. The van der Waals surface area contributed by atoms with Gasteiger partial charge in [-0.05, 0) is 39.3 Å². The smallest absolute Gasteiger partial charge is 0.303 e. The third kappa shape index (κ3) is 6.22. The number of amides is 1. The molecule has 1 rings (SSSR count). The molecule has 0 heterocycles. The van der Waals surface area contributed by atoms with Gasteiger partial charge >= 0.3 is 5.97 Å². The van der Waals surface area contributed by atoms with Crippen LogP contribution < -0.4 is 10.1 Å². The average molecular weight is 279 g/mol. The lowest BCUT2D eigenvalue weighted by atomic mass is 9.98. The van der Waals surface area contributed by atoms with Crippen LogP contribution in [0.5, 0.6) is 5.75 Å². The molecule has 0 saturated carbocycles. The van der Waals surface area contributed by atoms with Gasteiger partial charge in [0.15, 0.2) is 6.61 Å². The average Bonchev–Trinajstić information content (AvgIpc) is 2.35. The van der Waals surface area contributed by atoms with Crippen LogP contribution >= 0.6 is 0 Å². The number of carbonyl (C=O) groups is 2.